The summed E-state index contributed by atoms with van der Waals surface area (Å²) in [6.45, 7) is 0.602. The van der Waals surface area contributed by atoms with Gasteiger partial charge >= 0.3 is 0 Å². The Balaban J connectivity index is 2.53. The number of halogens is 2. The number of para-hydroxylation sites is 1. The van der Waals surface area contributed by atoms with E-state index in [4.69, 9.17) is 0 Å². The van der Waals surface area contributed by atoms with E-state index in [0.717, 1.165) is 10.0 Å². The number of hydrogen-bond acceptors (Lipinski definition) is 2. The first-order chi connectivity index (χ1) is 7.72. The van der Waals surface area contributed by atoms with Crippen LogP contribution in [0.4, 0.5) is 4.39 Å². The van der Waals surface area contributed by atoms with Gasteiger partial charge in [-0.15, -0.1) is 0 Å². The zero-order valence-corrected chi connectivity index (χ0v) is 10.3. The summed E-state index contributed by atoms with van der Waals surface area (Å²) in [5, 5.41) is 7.10. The fourth-order valence-corrected chi connectivity index (χ4v) is 1.86. The van der Waals surface area contributed by atoms with Crippen LogP contribution in [0, 0.1) is 5.82 Å². The molecule has 0 radical (unpaired) electrons. The maximum absolute atomic E-state index is 13.8. The molecular weight excluding hydrogens is 273 g/mol. The van der Waals surface area contributed by atoms with E-state index in [1.54, 1.807) is 18.5 Å². The van der Waals surface area contributed by atoms with Crippen molar-refractivity contribution in [3.8, 4) is 5.69 Å². The largest absolute Gasteiger partial charge is 0.316 e. The van der Waals surface area contributed by atoms with E-state index in [2.05, 4.69) is 26.3 Å². The molecule has 0 fully saturated rings. The van der Waals surface area contributed by atoms with E-state index in [0.29, 0.717) is 12.2 Å². The highest BCUT2D eigenvalue weighted by Gasteiger charge is 2.10. The molecular formula is C11H11BrFN3. The zero-order valence-electron chi connectivity index (χ0n) is 8.74. The van der Waals surface area contributed by atoms with Gasteiger partial charge < -0.3 is 5.32 Å². The molecule has 0 aliphatic carbocycles. The minimum absolute atomic E-state index is 0.275. The Morgan fingerprint density at radius 3 is 2.94 bits per heavy atom. The van der Waals surface area contributed by atoms with Gasteiger partial charge in [0.15, 0.2) is 0 Å². The van der Waals surface area contributed by atoms with Crippen LogP contribution in [0.15, 0.2) is 35.1 Å². The lowest BCUT2D eigenvalue weighted by molar-refractivity contribution is 0.605. The number of benzene rings is 1. The molecule has 16 heavy (non-hydrogen) atoms. The van der Waals surface area contributed by atoms with Crippen molar-refractivity contribution in [2.75, 3.05) is 7.05 Å². The van der Waals surface area contributed by atoms with E-state index in [-0.39, 0.29) is 5.82 Å². The van der Waals surface area contributed by atoms with Crippen molar-refractivity contribution in [3.63, 3.8) is 0 Å². The molecule has 0 unspecified atom stereocenters. The van der Waals surface area contributed by atoms with Crippen LogP contribution in [0.1, 0.15) is 5.56 Å². The van der Waals surface area contributed by atoms with Crippen LogP contribution in [0.2, 0.25) is 0 Å². The summed E-state index contributed by atoms with van der Waals surface area (Å²) >= 11 is 3.30. The Hall–Kier alpha value is -1.20. The molecule has 2 aromatic rings. The summed E-state index contributed by atoms with van der Waals surface area (Å²) in [7, 11) is 1.83. The van der Waals surface area contributed by atoms with Crippen molar-refractivity contribution in [1.29, 1.82) is 0 Å². The van der Waals surface area contributed by atoms with Gasteiger partial charge in [0.25, 0.3) is 0 Å². The Kier molecular flexibility index (Phi) is 3.36. The Bertz CT molecular complexity index is 496. The molecule has 1 heterocycles. The van der Waals surface area contributed by atoms with Crippen molar-refractivity contribution in [2.24, 2.45) is 0 Å². The summed E-state index contributed by atoms with van der Waals surface area (Å²) in [5.41, 5.74) is 1.36. The smallest absolute Gasteiger partial charge is 0.149 e. The lowest BCUT2D eigenvalue weighted by Crippen LogP contribution is -2.10. The predicted octanol–water partition coefficient (Wildman–Crippen LogP) is 2.49. The van der Waals surface area contributed by atoms with Gasteiger partial charge in [-0.2, -0.15) is 5.10 Å². The molecule has 0 saturated heterocycles. The van der Waals surface area contributed by atoms with Gasteiger partial charge in [-0.3, -0.25) is 0 Å². The van der Waals surface area contributed by atoms with E-state index in [9.17, 15) is 4.39 Å². The SMILES string of the molecule is CNCc1cccc(F)c1-n1cc(Br)cn1. The number of nitrogens with zero attached hydrogens (tertiary/aromatic N) is 2. The third-order valence-electron chi connectivity index (χ3n) is 2.22. The summed E-state index contributed by atoms with van der Waals surface area (Å²) in [6, 6.07) is 5.01. The van der Waals surface area contributed by atoms with Crippen LogP contribution < -0.4 is 5.32 Å². The summed E-state index contributed by atoms with van der Waals surface area (Å²) < 4.78 is 16.1. The van der Waals surface area contributed by atoms with Crippen LogP contribution in [0.25, 0.3) is 5.69 Å². The van der Waals surface area contributed by atoms with Crippen molar-refractivity contribution in [3.05, 3.63) is 46.4 Å². The first-order valence-electron chi connectivity index (χ1n) is 4.85. The second-order valence-electron chi connectivity index (χ2n) is 3.38. The molecule has 84 valence electrons. The third-order valence-corrected chi connectivity index (χ3v) is 2.63. The maximum Gasteiger partial charge on any atom is 0.149 e. The monoisotopic (exact) mass is 283 g/mol. The van der Waals surface area contributed by atoms with Gasteiger partial charge in [-0.05, 0) is 34.6 Å². The topological polar surface area (TPSA) is 29.9 Å². The van der Waals surface area contributed by atoms with Crippen molar-refractivity contribution < 1.29 is 4.39 Å². The van der Waals surface area contributed by atoms with Gasteiger partial charge in [-0.25, -0.2) is 9.07 Å². The molecule has 5 heteroatoms. The summed E-state index contributed by atoms with van der Waals surface area (Å²) in [4.78, 5) is 0. The fraction of sp³-hybridized carbons (Fsp3) is 0.182. The first-order valence-corrected chi connectivity index (χ1v) is 5.64. The number of hydrogen-bond donors (Lipinski definition) is 1. The zero-order chi connectivity index (χ0) is 11.5. The van der Waals surface area contributed by atoms with Crippen LogP contribution >= 0.6 is 15.9 Å². The van der Waals surface area contributed by atoms with Crippen LogP contribution in [0.3, 0.4) is 0 Å². The Morgan fingerprint density at radius 2 is 2.31 bits per heavy atom. The lowest BCUT2D eigenvalue weighted by atomic mass is 10.1. The predicted molar refractivity (Wildman–Crippen MR) is 64.0 cm³/mol. The fourth-order valence-electron chi connectivity index (χ4n) is 1.57. The molecule has 0 saturated carbocycles. The molecule has 1 aromatic carbocycles. The molecule has 1 N–H and O–H groups in total. The van der Waals surface area contributed by atoms with Gasteiger partial charge in [0, 0.05) is 12.7 Å². The second-order valence-corrected chi connectivity index (χ2v) is 4.30. The van der Waals surface area contributed by atoms with Crippen molar-refractivity contribution in [2.45, 2.75) is 6.54 Å². The highest BCUT2D eigenvalue weighted by Crippen LogP contribution is 2.20. The highest BCUT2D eigenvalue weighted by molar-refractivity contribution is 9.10. The normalized spacial score (nSPS) is 10.7. The van der Waals surface area contributed by atoms with Crippen LogP contribution in [-0.2, 0) is 6.54 Å². The average Bonchev–Trinajstić information content (AvgIpc) is 2.65. The molecule has 2 rings (SSSR count). The van der Waals surface area contributed by atoms with E-state index < -0.39 is 0 Å². The van der Waals surface area contributed by atoms with E-state index in [1.807, 2.05) is 13.1 Å². The number of aromatic nitrogens is 2. The third kappa shape index (κ3) is 2.15. The summed E-state index contributed by atoms with van der Waals surface area (Å²) in [5.74, 6) is -0.275. The second kappa shape index (κ2) is 4.76. The van der Waals surface area contributed by atoms with Crippen molar-refractivity contribution >= 4 is 15.9 Å². The molecule has 0 atom stereocenters. The van der Waals surface area contributed by atoms with Crippen LogP contribution in [0.5, 0.6) is 0 Å². The quantitative estimate of drug-likeness (QED) is 0.938. The lowest BCUT2D eigenvalue weighted by Gasteiger charge is -2.09. The molecule has 0 amide bonds. The molecule has 0 bridgehead atoms. The minimum Gasteiger partial charge on any atom is -0.316 e. The molecule has 0 aliphatic rings. The van der Waals surface area contributed by atoms with Gasteiger partial charge in [0.05, 0.1) is 10.7 Å². The Labute approximate surface area is 101 Å². The van der Waals surface area contributed by atoms with Gasteiger partial charge in [0.1, 0.15) is 11.5 Å². The summed E-state index contributed by atoms with van der Waals surface area (Å²) in [6.07, 6.45) is 3.37. The minimum atomic E-state index is -0.275. The number of nitrogens with one attached hydrogen (secondary N) is 1. The van der Waals surface area contributed by atoms with E-state index >= 15 is 0 Å². The highest BCUT2D eigenvalue weighted by atomic mass is 79.9. The van der Waals surface area contributed by atoms with Gasteiger partial charge in [0.2, 0.25) is 0 Å². The Morgan fingerprint density at radius 1 is 1.50 bits per heavy atom. The van der Waals surface area contributed by atoms with Crippen molar-refractivity contribution in [1.82, 2.24) is 15.1 Å². The van der Waals surface area contributed by atoms with E-state index in [1.165, 1.54) is 10.7 Å². The molecule has 0 aliphatic heterocycles. The standard InChI is InChI=1S/C11H11BrFN3/c1-14-5-8-3-2-4-10(13)11(8)16-7-9(12)6-15-16/h2-4,6-7,14H,5H2,1H3. The maximum atomic E-state index is 13.8. The number of rotatable bonds is 3. The molecule has 1 aromatic heterocycles. The average molecular weight is 284 g/mol. The first kappa shape index (κ1) is 11.3. The molecule has 0 spiro atoms. The van der Waals surface area contributed by atoms with Gasteiger partial charge in [-0.1, -0.05) is 12.1 Å². The van der Waals surface area contributed by atoms with Crippen LogP contribution in [-0.4, -0.2) is 16.8 Å². The molecule has 3 nitrogen and oxygen atoms in total.